The zero-order chi connectivity index (χ0) is 14.1. The van der Waals surface area contributed by atoms with Gasteiger partial charge in [0.2, 0.25) is 0 Å². The molecule has 0 saturated carbocycles. The van der Waals surface area contributed by atoms with Crippen LogP contribution in [0.15, 0.2) is 46.3 Å². The number of rotatable bonds is 2. The van der Waals surface area contributed by atoms with Crippen molar-refractivity contribution in [3.05, 3.63) is 57.2 Å². The third-order valence-electron chi connectivity index (χ3n) is 2.78. The summed E-state index contributed by atoms with van der Waals surface area (Å²) in [6, 6.07) is 8.05. The molecule has 0 fully saturated rings. The second-order valence-corrected chi connectivity index (χ2v) is 5.21. The fourth-order valence-corrected chi connectivity index (χ4v) is 2.81. The molecule has 0 bridgehead atoms. The van der Waals surface area contributed by atoms with Gasteiger partial charge in [0.15, 0.2) is 0 Å². The number of nitro groups is 1. The van der Waals surface area contributed by atoms with Crippen molar-refractivity contribution >= 4 is 35.1 Å². The highest BCUT2D eigenvalue weighted by molar-refractivity contribution is 8.04. The summed E-state index contributed by atoms with van der Waals surface area (Å²) in [5, 5.41) is 13.5. The molecule has 1 amide bonds. The normalized spacial score (nSPS) is 15.8. The Morgan fingerprint density at radius 3 is 2.85 bits per heavy atom. The maximum absolute atomic E-state index is 12.0. The highest BCUT2D eigenvalue weighted by atomic mass is 32.2. The molecule has 0 unspecified atom stereocenters. The van der Waals surface area contributed by atoms with Gasteiger partial charge in [-0.2, -0.15) is 0 Å². The lowest BCUT2D eigenvalue weighted by Gasteiger charge is -2.17. The number of benzene rings is 1. The quantitative estimate of drug-likeness (QED) is 0.505. The van der Waals surface area contributed by atoms with E-state index in [1.165, 1.54) is 23.9 Å². The summed E-state index contributed by atoms with van der Waals surface area (Å²) in [6.45, 7) is 0. The largest absolute Gasteiger partial charge is 0.362 e. The molecule has 7 heteroatoms. The average Bonchev–Trinajstić information content (AvgIpc) is 2.92. The molecule has 1 aromatic carbocycles. The SMILES string of the molecule is O=C1Nc2ccc([N+](=O)[O-])cc2S/C1=C\c1ccc[nH]1. The molecule has 6 nitrogen and oxygen atoms in total. The van der Waals surface area contributed by atoms with Gasteiger partial charge >= 0.3 is 0 Å². The number of fused-ring (bicyclic) bond motifs is 1. The van der Waals surface area contributed by atoms with Crippen LogP contribution < -0.4 is 5.32 Å². The molecule has 1 aliphatic heterocycles. The van der Waals surface area contributed by atoms with Crippen molar-refractivity contribution in [3.63, 3.8) is 0 Å². The number of nitrogens with one attached hydrogen (secondary N) is 2. The molecule has 0 spiro atoms. The Hall–Kier alpha value is -2.54. The minimum absolute atomic E-state index is 0.00613. The van der Waals surface area contributed by atoms with Crippen LogP contribution in [0, 0.1) is 10.1 Å². The van der Waals surface area contributed by atoms with Gasteiger partial charge in [-0.05, 0) is 24.3 Å². The first-order valence-corrected chi connectivity index (χ1v) is 6.58. The predicted octanol–water partition coefficient (Wildman–Crippen LogP) is 3.01. The predicted molar refractivity (Wildman–Crippen MR) is 76.4 cm³/mol. The second kappa shape index (κ2) is 4.86. The van der Waals surface area contributed by atoms with Crippen molar-refractivity contribution in [2.75, 3.05) is 5.32 Å². The van der Waals surface area contributed by atoms with Gasteiger partial charge < -0.3 is 10.3 Å². The maximum atomic E-state index is 12.0. The van der Waals surface area contributed by atoms with Gasteiger partial charge in [-0.1, -0.05) is 11.8 Å². The molecule has 3 rings (SSSR count). The van der Waals surface area contributed by atoms with E-state index in [0.717, 1.165) is 5.69 Å². The number of carbonyl (C=O) groups excluding carboxylic acids is 1. The number of non-ortho nitro benzene ring substituents is 1. The molecule has 2 aromatic rings. The van der Waals surface area contributed by atoms with Crippen LogP contribution in [0.3, 0.4) is 0 Å². The Kier molecular flexibility index (Phi) is 3.03. The molecular formula is C13H9N3O3S. The van der Waals surface area contributed by atoms with Crippen LogP contribution >= 0.6 is 11.8 Å². The minimum atomic E-state index is -0.453. The van der Waals surface area contributed by atoms with Crippen molar-refractivity contribution in [2.45, 2.75) is 4.90 Å². The number of amides is 1. The van der Waals surface area contributed by atoms with E-state index < -0.39 is 4.92 Å². The van der Waals surface area contributed by atoms with E-state index >= 15 is 0 Å². The van der Waals surface area contributed by atoms with Crippen LogP contribution in [-0.4, -0.2) is 15.8 Å². The first-order chi connectivity index (χ1) is 9.63. The summed E-state index contributed by atoms with van der Waals surface area (Å²) >= 11 is 1.22. The van der Waals surface area contributed by atoms with Crippen LogP contribution in [0.2, 0.25) is 0 Å². The van der Waals surface area contributed by atoms with Crippen LogP contribution in [0.4, 0.5) is 11.4 Å². The number of aromatic amines is 1. The lowest BCUT2D eigenvalue weighted by atomic mass is 10.2. The molecule has 2 heterocycles. The lowest BCUT2D eigenvalue weighted by Crippen LogP contribution is -2.17. The standard InChI is InChI=1S/C13H9N3O3S/c17-13-12(6-8-2-1-5-14-8)20-11-7-9(16(18)19)3-4-10(11)15-13/h1-7,14H,(H,15,17)/b12-6-. The van der Waals surface area contributed by atoms with Crippen molar-refractivity contribution in [1.82, 2.24) is 4.98 Å². The summed E-state index contributed by atoms with van der Waals surface area (Å²) < 4.78 is 0. The molecule has 0 radical (unpaired) electrons. The van der Waals surface area contributed by atoms with Crippen molar-refractivity contribution < 1.29 is 9.72 Å². The molecule has 0 atom stereocenters. The van der Waals surface area contributed by atoms with E-state index in [9.17, 15) is 14.9 Å². The minimum Gasteiger partial charge on any atom is -0.362 e. The molecular weight excluding hydrogens is 278 g/mol. The summed E-state index contributed by atoms with van der Waals surface area (Å²) in [7, 11) is 0. The summed E-state index contributed by atoms with van der Waals surface area (Å²) in [5.74, 6) is -0.217. The van der Waals surface area contributed by atoms with Crippen LogP contribution in [0.1, 0.15) is 5.69 Å². The van der Waals surface area contributed by atoms with Gasteiger partial charge in [-0.15, -0.1) is 0 Å². The van der Waals surface area contributed by atoms with E-state index in [1.54, 1.807) is 18.3 Å². The fraction of sp³-hybridized carbons (Fsp3) is 0. The Bertz CT molecular complexity index is 722. The Labute approximate surface area is 118 Å². The van der Waals surface area contributed by atoms with Gasteiger partial charge in [0, 0.05) is 28.9 Å². The highest BCUT2D eigenvalue weighted by Crippen LogP contribution is 2.40. The number of nitro benzene ring substituents is 1. The number of thioether (sulfide) groups is 1. The lowest BCUT2D eigenvalue weighted by molar-refractivity contribution is -0.385. The molecule has 20 heavy (non-hydrogen) atoms. The van der Waals surface area contributed by atoms with Gasteiger partial charge in [-0.25, -0.2) is 0 Å². The number of carbonyl (C=O) groups is 1. The topological polar surface area (TPSA) is 88.0 Å². The zero-order valence-corrected chi connectivity index (χ0v) is 10.9. The van der Waals surface area contributed by atoms with Gasteiger partial charge in [0.25, 0.3) is 11.6 Å². The number of hydrogen-bond acceptors (Lipinski definition) is 4. The third kappa shape index (κ3) is 2.30. The smallest absolute Gasteiger partial charge is 0.270 e. The summed E-state index contributed by atoms with van der Waals surface area (Å²) in [6.07, 6.45) is 3.47. The molecule has 0 saturated heterocycles. The van der Waals surface area contributed by atoms with Crippen LogP contribution in [0.25, 0.3) is 6.08 Å². The number of anilines is 1. The average molecular weight is 287 g/mol. The molecule has 0 aliphatic carbocycles. The maximum Gasteiger partial charge on any atom is 0.270 e. The Balaban J connectivity index is 1.98. The van der Waals surface area contributed by atoms with E-state index in [0.29, 0.717) is 15.5 Å². The van der Waals surface area contributed by atoms with E-state index in [1.807, 2.05) is 12.1 Å². The number of hydrogen-bond donors (Lipinski definition) is 2. The number of aromatic nitrogens is 1. The second-order valence-electron chi connectivity index (χ2n) is 4.13. The van der Waals surface area contributed by atoms with Gasteiger partial charge in [-0.3, -0.25) is 14.9 Å². The monoisotopic (exact) mass is 287 g/mol. The third-order valence-corrected chi connectivity index (χ3v) is 3.86. The van der Waals surface area contributed by atoms with E-state index in [2.05, 4.69) is 10.3 Å². The van der Waals surface area contributed by atoms with Crippen LogP contribution in [0.5, 0.6) is 0 Å². The van der Waals surface area contributed by atoms with Gasteiger partial charge in [0.05, 0.1) is 15.5 Å². The summed E-state index contributed by atoms with van der Waals surface area (Å²) in [5.41, 5.74) is 1.40. The first-order valence-electron chi connectivity index (χ1n) is 5.76. The fourth-order valence-electron chi connectivity index (χ4n) is 1.83. The first kappa shape index (κ1) is 12.5. The molecule has 1 aromatic heterocycles. The Morgan fingerprint density at radius 1 is 1.30 bits per heavy atom. The number of H-pyrrole nitrogens is 1. The van der Waals surface area contributed by atoms with Crippen LogP contribution in [-0.2, 0) is 4.79 Å². The van der Waals surface area contributed by atoms with E-state index in [-0.39, 0.29) is 11.6 Å². The number of nitrogens with zero attached hydrogens (tertiary/aromatic N) is 1. The summed E-state index contributed by atoms with van der Waals surface area (Å²) in [4.78, 5) is 26.4. The van der Waals surface area contributed by atoms with E-state index in [4.69, 9.17) is 0 Å². The molecule has 1 aliphatic rings. The zero-order valence-electron chi connectivity index (χ0n) is 10.1. The highest BCUT2D eigenvalue weighted by Gasteiger charge is 2.23. The van der Waals surface area contributed by atoms with Crippen molar-refractivity contribution in [1.29, 1.82) is 0 Å². The molecule has 100 valence electrons. The Morgan fingerprint density at radius 2 is 2.15 bits per heavy atom. The van der Waals surface area contributed by atoms with Gasteiger partial charge in [0.1, 0.15) is 0 Å². The van der Waals surface area contributed by atoms with Crippen molar-refractivity contribution in [2.24, 2.45) is 0 Å². The van der Waals surface area contributed by atoms with Crippen molar-refractivity contribution in [3.8, 4) is 0 Å². The molecule has 2 N–H and O–H groups in total.